The third-order valence-electron chi connectivity index (χ3n) is 0.971. The monoisotopic (exact) mass is 137 g/mol. The molecule has 0 fully saturated rings. The Labute approximate surface area is 60.3 Å². The van der Waals surface area contributed by atoms with Gasteiger partial charge < -0.3 is 0 Å². The molecule has 1 heterocycles. The summed E-state index contributed by atoms with van der Waals surface area (Å²) < 4.78 is 0. The van der Waals surface area contributed by atoms with Crippen LogP contribution in [0.15, 0.2) is 17.1 Å². The first-order valence-electron chi connectivity index (χ1n) is 2.75. The maximum absolute atomic E-state index is 4.06. The third-order valence-corrected chi connectivity index (χ3v) is 1.29. The molecule has 9 heavy (non-hydrogen) atoms. The highest BCUT2D eigenvalue weighted by molar-refractivity contribution is 7.81. The molecule has 1 aliphatic heterocycles. The second-order valence-electron chi connectivity index (χ2n) is 1.66. The summed E-state index contributed by atoms with van der Waals surface area (Å²) >= 11 is 4.06. The van der Waals surface area contributed by atoms with E-state index in [1.54, 1.807) is 0 Å². The van der Waals surface area contributed by atoms with E-state index in [4.69, 9.17) is 0 Å². The van der Waals surface area contributed by atoms with E-state index in [9.17, 15) is 0 Å². The molecule has 0 aromatic heterocycles. The third kappa shape index (κ3) is 1.95. The van der Waals surface area contributed by atoms with Crippen LogP contribution in [0, 0.1) is 12.0 Å². The number of thiol groups is 1. The first kappa shape index (κ1) is 6.44. The lowest BCUT2D eigenvalue weighted by Gasteiger charge is -1.86. The molecule has 2 heteroatoms. The highest BCUT2D eigenvalue weighted by Crippen LogP contribution is 1.91. The smallest absolute Gasteiger partial charge is 0.0604 e. The van der Waals surface area contributed by atoms with Gasteiger partial charge in [0.1, 0.15) is 0 Å². The van der Waals surface area contributed by atoms with E-state index >= 15 is 0 Å². The Morgan fingerprint density at radius 1 is 1.78 bits per heavy atom. The molecule has 0 unspecified atom stereocenters. The lowest BCUT2D eigenvalue weighted by Crippen LogP contribution is -1.92. The van der Waals surface area contributed by atoms with Gasteiger partial charge in [-0.05, 0) is 6.08 Å². The van der Waals surface area contributed by atoms with Crippen molar-refractivity contribution < 1.29 is 0 Å². The quantitative estimate of drug-likeness (QED) is 0.413. The Hall–Kier alpha value is -0.680. The van der Waals surface area contributed by atoms with Crippen molar-refractivity contribution >= 4 is 18.3 Å². The first-order chi connectivity index (χ1) is 4.43. The Morgan fingerprint density at radius 2 is 2.67 bits per heavy atom. The van der Waals surface area contributed by atoms with Crippen LogP contribution in [0.4, 0.5) is 0 Å². The Morgan fingerprint density at radius 3 is 3.44 bits per heavy atom. The summed E-state index contributed by atoms with van der Waals surface area (Å²) in [7, 11) is 0. The number of allylic oxidation sites excluding steroid dienone is 2. The average Bonchev–Trinajstić information content (AvgIpc) is 2.13. The largest absolute Gasteiger partial charge is 0.202 e. The van der Waals surface area contributed by atoms with Gasteiger partial charge in [-0.3, -0.25) is 0 Å². The van der Waals surface area contributed by atoms with Crippen LogP contribution in [0.2, 0.25) is 0 Å². The number of nitrogens with zero attached hydrogens (tertiary/aromatic N) is 1. The van der Waals surface area contributed by atoms with Gasteiger partial charge in [0.2, 0.25) is 0 Å². The number of hydrogen-bond donors (Lipinski definition) is 1. The molecular formula is C7H7NS. The second-order valence-corrected chi connectivity index (χ2v) is 1.97. The Balaban J connectivity index is 2.72. The molecule has 0 aliphatic carbocycles. The maximum atomic E-state index is 4.06. The molecule has 46 valence electrons. The molecule has 0 amide bonds. The average molecular weight is 137 g/mol. The van der Waals surface area contributed by atoms with E-state index in [1.807, 2.05) is 12.2 Å². The fourth-order valence-corrected chi connectivity index (χ4v) is 0.712. The molecule has 0 N–H and O–H groups in total. The van der Waals surface area contributed by atoms with Gasteiger partial charge in [0.15, 0.2) is 0 Å². The molecule has 1 nitrogen and oxygen atoms in total. The van der Waals surface area contributed by atoms with Crippen molar-refractivity contribution in [3.05, 3.63) is 12.2 Å². The van der Waals surface area contributed by atoms with Crippen LogP contribution in [0.1, 0.15) is 6.42 Å². The van der Waals surface area contributed by atoms with Gasteiger partial charge in [-0.15, -0.1) is 0 Å². The summed E-state index contributed by atoms with van der Waals surface area (Å²) in [6, 6.07) is 2.67. The highest BCUT2D eigenvalue weighted by atomic mass is 32.1. The van der Waals surface area contributed by atoms with Crippen molar-refractivity contribution in [3.63, 3.8) is 0 Å². The molecule has 0 saturated heterocycles. The standard InChI is InChI=1S/C7H7NS/c9-6-7-4-2-1-3-5-8-7/h2,4,9H,1,6H2. The van der Waals surface area contributed by atoms with E-state index in [2.05, 4.69) is 29.6 Å². The van der Waals surface area contributed by atoms with E-state index in [-0.39, 0.29) is 0 Å². The molecule has 1 aliphatic rings. The second kappa shape index (κ2) is 3.37. The van der Waals surface area contributed by atoms with E-state index in [0.717, 1.165) is 12.1 Å². The molecule has 0 radical (unpaired) electrons. The van der Waals surface area contributed by atoms with Crippen LogP contribution < -0.4 is 0 Å². The van der Waals surface area contributed by atoms with Gasteiger partial charge in [-0.2, -0.15) is 12.6 Å². The fourth-order valence-electron chi connectivity index (χ4n) is 0.536. The zero-order valence-electron chi connectivity index (χ0n) is 4.96. The van der Waals surface area contributed by atoms with E-state index in [1.165, 1.54) is 0 Å². The van der Waals surface area contributed by atoms with Crippen molar-refractivity contribution in [2.45, 2.75) is 6.42 Å². The molecule has 0 atom stereocenters. The van der Waals surface area contributed by atoms with E-state index in [0.29, 0.717) is 5.75 Å². The summed E-state index contributed by atoms with van der Waals surface area (Å²) in [5.41, 5.74) is 0.948. The predicted molar refractivity (Wildman–Crippen MR) is 42.8 cm³/mol. The zero-order valence-corrected chi connectivity index (χ0v) is 5.86. The van der Waals surface area contributed by atoms with Crippen molar-refractivity contribution in [1.82, 2.24) is 0 Å². The number of rotatable bonds is 1. The molecular weight excluding hydrogens is 130 g/mol. The van der Waals surface area contributed by atoms with Crippen molar-refractivity contribution in [2.75, 3.05) is 5.75 Å². The Kier molecular flexibility index (Phi) is 2.41. The summed E-state index contributed by atoms with van der Waals surface area (Å²) in [5.74, 6) is 3.53. The van der Waals surface area contributed by atoms with Crippen LogP contribution in [0.3, 0.4) is 0 Å². The molecule has 0 spiro atoms. The van der Waals surface area contributed by atoms with Crippen molar-refractivity contribution in [3.8, 4) is 12.0 Å². The molecule has 0 saturated carbocycles. The van der Waals surface area contributed by atoms with Crippen LogP contribution in [-0.4, -0.2) is 11.5 Å². The minimum absolute atomic E-state index is 0.672. The molecule has 0 aromatic rings. The summed E-state index contributed by atoms with van der Waals surface area (Å²) in [4.78, 5) is 3.93. The summed E-state index contributed by atoms with van der Waals surface area (Å²) in [5, 5.41) is 0. The van der Waals surface area contributed by atoms with Gasteiger partial charge in [-0.25, -0.2) is 4.99 Å². The van der Waals surface area contributed by atoms with Crippen LogP contribution in [-0.2, 0) is 0 Å². The maximum Gasteiger partial charge on any atom is 0.0604 e. The SMILES string of the molecule is SCC1=NC#CCC=C1. The van der Waals surface area contributed by atoms with Crippen LogP contribution >= 0.6 is 12.6 Å². The summed E-state index contributed by atoms with van der Waals surface area (Å²) in [6.45, 7) is 0. The van der Waals surface area contributed by atoms with Crippen molar-refractivity contribution in [2.24, 2.45) is 4.99 Å². The highest BCUT2D eigenvalue weighted by Gasteiger charge is 1.88. The zero-order chi connectivity index (χ0) is 6.53. The predicted octanol–water partition coefficient (Wildman–Crippen LogP) is 1.28. The molecule has 0 aromatic carbocycles. The topological polar surface area (TPSA) is 12.4 Å². The lowest BCUT2D eigenvalue weighted by atomic mass is 10.3. The minimum Gasteiger partial charge on any atom is -0.202 e. The van der Waals surface area contributed by atoms with Crippen molar-refractivity contribution in [1.29, 1.82) is 0 Å². The van der Waals surface area contributed by atoms with Gasteiger partial charge in [0.25, 0.3) is 0 Å². The van der Waals surface area contributed by atoms with E-state index < -0.39 is 0 Å². The minimum atomic E-state index is 0.672. The molecule has 0 bridgehead atoms. The molecule has 1 rings (SSSR count). The van der Waals surface area contributed by atoms with Gasteiger partial charge in [0.05, 0.1) is 5.71 Å². The Bertz CT molecular complexity index is 205. The van der Waals surface area contributed by atoms with Gasteiger partial charge >= 0.3 is 0 Å². The summed E-state index contributed by atoms with van der Waals surface area (Å²) in [6.07, 6.45) is 4.75. The number of aliphatic imine (C=N–C) groups is 1. The normalized spacial score (nSPS) is 15.4. The van der Waals surface area contributed by atoms with Crippen LogP contribution in [0.25, 0.3) is 0 Å². The van der Waals surface area contributed by atoms with Crippen LogP contribution in [0.5, 0.6) is 0 Å². The lowest BCUT2D eigenvalue weighted by molar-refractivity contribution is 1.48. The number of hydrogen-bond acceptors (Lipinski definition) is 2. The first-order valence-corrected chi connectivity index (χ1v) is 3.38. The van der Waals surface area contributed by atoms with Gasteiger partial charge in [0, 0.05) is 18.2 Å². The van der Waals surface area contributed by atoms with Gasteiger partial charge in [-0.1, -0.05) is 12.0 Å². The fraction of sp³-hybridized carbons (Fsp3) is 0.286.